The van der Waals surface area contributed by atoms with Gasteiger partial charge in [0.25, 0.3) is 0 Å². The number of hydrogen-bond acceptors (Lipinski definition) is 4. The molecule has 0 saturated heterocycles. The van der Waals surface area contributed by atoms with Crippen LogP contribution in [-0.4, -0.2) is 18.1 Å². The van der Waals surface area contributed by atoms with Gasteiger partial charge in [0.15, 0.2) is 23.3 Å². The monoisotopic (exact) mass is 281 g/mol. The van der Waals surface area contributed by atoms with Crippen molar-refractivity contribution in [2.24, 2.45) is 0 Å². The van der Waals surface area contributed by atoms with Crippen LogP contribution in [0.3, 0.4) is 0 Å². The highest BCUT2D eigenvalue weighted by atomic mass is 19.1. The van der Waals surface area contributed by atoms with Crippen LogP contribution in [0.1, 0.15) is 19.6 Å². The standard InChI is InChI=1S/C14H17F2N3O/c1-3-17-13-11(15)8-12(16)14(18-13)19(4-2)9-10-6-5-7-20-10/h5-8H,3-4,9H2,1-2H3,(H,17,18). The summed E-state index contributed by atoms with van der Waals surface area (Å²) in [6, 6.07) is 4.42. The molecule has 0 saturated carbocycles. The largest absolute Gasteiger partial charge is 0.467 e. The zero-order valence-electron chi connectivity index (χ0n) is 11.5. The Hall–Kier alpha value is -2.11. The Bertz CT molecular complexity index is 558. The predicted molar refractivity (Wildman–Crippen MR) is 73.7 cm³/mol. The van der Waals surface area contributed by atoms with Crippen LogP contribution in [0.5, 0.6) is 0 Å². The molecular weight excluding hydrogens is 264 g/mol. The molecule has 6 heteroatoms. The van der Waals surface area contributed by atoms with Gasteiger partial charge in [0.05, 0.1) is 12.8 Å². The first-order valence-corrected chi connectivity index (χ1v) is 6.53. The SMILES string of the molecule is CCNc1nc(N(CC)Cc2ccco2)c(F)cc1F. The summed E-state index contributed by atoms with van der Waals surface area (Å²) in [4.78, 5) is 5.73. The van der Waals surface area contributed by atoms with Gasteiger partial charge in [0.1, 0.15) is 5.76 Å². The van der Waals surface area contributed by atoms with Gasteiger partial charge < -0.3 is 14.6 Å². The maximum atomic E-state index is 13.9. The molecule has 2 rings (SSSR count). The lowest BCUT2D eigenvalue weighted by Crippen LogP contribution is -2.24. The topological polar surface area (TPSA) is 41.3 Å². The zero-order valence-corrected chi connectivity index (χ0v) is 11.5. The Balaban J connectivity index is 2.30. The number of hydrogen-bond donors (Lipinski definition) is 1. The molecule has 2 heterocycles. The minimum Gasteiger partial charge on any atom is -0.467 e. The van der Waals surface area contributed by atoms with E-state index in [1.54, 1.807) is 23.3 Å². The van der Waals surface area contributed by atoms with E-state index in [4.69, 9.17) is 4.42 Å². The number of halogens is 2. The third-order valence-corrected chi connectivity index (χ3v) is 2.86. The fraction of sp³-hybridized carbons (Fsp3) is 0.357. The second-order valence-electron chi connectivity index (χ2n) is 4.25. The Kier molecular flexibility index (Phi) is 4.55. The van der Waals surface area contributed by atoms with Crippen molar-refractivity contribution >= 4 is 11.6 Å². The van der Waals surface area contributed by atoms with E-state index >= 15 is 0 Å². The molecule has 20 heavy (non-hydrogen) atoms. The molecule has 1 N–H and O–H groups in total. The number of nitrogens with one attached hydrogen (secondary N) is 1. The molecule has 0 bridgehead atoms. The van der Waals surface area contributed by atoms with Gasteiger partial charge in [0, 0.05) is 19.2 Å². The van der Waals surface area contributed by atoms with E-state index in [0.29, 0.717) is 25.4 Å². The molecule has 0 amide bonds. The van der Waals surface area contributed by atoms with Gasteiger partial charge in [-0.3, -0.25) is 0 Å². The molecule has 0 spiro atoms. The van der Waals surface area contributed by atoms with Gasteiger partial charge >= 0.3 is 0 Å². The van der Waals surface area contributed by atoms with Crippen molar-refractivity contribution in [3.05, 3.63) is 41.9 Å². The molecule has 108 valence electrons. The van der Waals surface area contributed by atoms with Crippen LogP contribution in [0.2, 0.25) is 0 Å². The van der Waals surface area contributed by atoms with Crippen molar-refractivity contribution < 1.29 is 13.2 Å². The number of pyridine rings is 1. The molecule has 0 aliphatic carbocycles. The second-order valence-corrected chi connectivity index (χ2v) is 4.25. The van der Waals surface area contributed by atoms with Crippen LogP contribution in [0.15, 0.2) is 28.9 Å². The first kappa shape index (κ1) is 14.3. The minimum atomic E-state index is -0.692. The normalized spacial score (nSPS) is 10.6. The van der Waals surface area contributed by atoms with Gasteiger partial charge in [-0.05, 0) is 26.0 Å². The Morgan fingerprint density at radius 3 is 2.70 bits per heavy atom. The molecule has 0 aliphatic rings. The summed E-state index contributed by atoms with van der Waals surface area (Å²) < 4.78 is 32.7. The van der Waals surface area contributed by atoms with E-state index in [1.165, 1.54) is 0 Å². The fourth-order valence-corrected chi connectivity index (χ4v) is 1.90. The Morgan fingerprint density at radius 1 is 1.30 bits per heavy atom. The van der Waals surface area contributed by atoms with Crippen LogP contribution in [0.4, 0.5) is 20.4 Å². The maximum absolute atomic E-state index is 13.9. The van der Waals surface area contributed by atoms with E-state index in [1.807, 2.05) is 13.8 Å². The smallest absolute Gasteiger partial charge is 0.168 e. The molecule has 0 atom stereocenters. The van der Waals surface area contributed by atoms with Crippen LogP contribution in [0.25, 0.3) is 0 Å². The van der Waals surface area contributed by atoms with E-state index < -0.39 is 11.6 Å². The summed E-state index contributed by atoms with van der Waals surface area (Å²) in [6.45, 7) is 5.12. The number of furan rings is 1. The minimum absolute atomic E-state index is 0.0572. The van der Waals surface area contributed by atoms with E-state index in [0.717, 1.165) is 6.07 Å². The van der Waals surface area contributed by atoms with E-state index in [9.17, 15) is 8.78 Å². The molecule has 0 fully saturated rings. The molecule has 2 aromatic rings. The molecular formula is C14H17F2N3O. The van der Waals surface area contributed by atoms with Gasteiger partial charge in [-0.25, -0.2) is 13.8 Å². The lowest BCUT2D eigenvalue weighted by atomic mass is 10.3. The van der Waals surface area contributed by atoms with Crippen molar-refractivity contribution in [3.63, 3.8) is 0 Å². The predicted octanol–water partition coefficient (Wildman–Crippen LogP) is 3.41. The summed E-state index contributed by atoms with van der Waals surface area (Å²) in [7, 11) is 0. The lowest BCUT2D eigenvalue weighted by molar-refractivity contribution is 0.498. The van der Waals surface area contributed by atoms with Gasteiger partial charge in [0.2, 0.25) is 0 Å². The highest BCUT2D eigenvalue weighted by molar-refractivity contribution is 5.49. The number of rotatable bonds is 6. The Morgan fingerprint density at radius 2 is 2.10 bits per heavy atom. The van der Waals surface area contributed by atoms with Crippen LogP contribution >= 0.6 is 0 Å². The highest BCUT2D eigenvalue weighted by Crippen LogP contribution is 2.23. The third kappa shape index (κ3) is 3.07. The molecule has 0 aliphatic heterocycles. The highest BCUT2D eigenvalue weighted by Gasteiger charge is 2.17. The van der Waals surface area contributed by atoms with Gasteiger partial charge in [-0.15, -0.1) is 0 Å². The van der Waals surface area contributed by atoms with Crippen LogP contribution < -0.4 is 10.2 Å². The zero-order chi connectivity index (χ0) is 14.5. The van der Waals surface area contributed by atoms with Crippen LogP contribution in [-0.2, 0) is 6.54 Å². The van der Waals surface area contributed by atoms with E-state index in [2.05, 4.69) is 10.3 Å². The summed E-state index contributed by atoms with van der Waals surface area (Å²) in [6.07, 6.45) is 1.56. The first-order chi connectivity index (χ1) is 9.65. The molecule has 2 aromatic heterocycles. The Labute approximate surface area is 116 Å². The average Bonchev–Trinajstić information content (AvgIpc) is 2.92. The first-order valence-electron chi connectivity index (χ1n) is 6.53. The maximum Gasteiger partial charge on any atom is 0.168 e. The van der Waals surface area contributed by atoms with E-state index in [-0.39, 0.29) is 11.6 Å². The third-order valence-electron chi connectivity index (χ3n) is 2.86. The summed E-state index contributed by atoms with van der Waals surface area (Å²) >= 11 is 0. The summed E-state index contributed by atoms with van der Waals surface area (Å²) in [5.41, 5.74) is 0. The van der Waals surface area contributed by atoms with Gasteiger partial charge in [-0.1, -0.05) is 0 Å². The number of anilines is 2. The van der Waals surface area contributed by atoms with Gasteiger partial charge in [-0.2, -0.15) is 0 Å². The lowest BCUT2D eigenvalue weighted by Gasteiger charge is -2.22. The second kappa shape index (κ2) is 6.36. The molecule has 4 nitrogen and oxygen atoms in total. The fourth-order valence-electron chi connectivity index (χ4n) is 1.90. The molecule has 0 radical (unpaired) electrons. The molecule has 0 aromatic carbocycles. The van der Waals surface area contributed by atoms with Crippen molar-refractivity contribution in [1.29, 1.82) is 0 Å². The molecule has 0 unspecified atom stereocenters. The quantitative estimate of drug-likeness (QED) is 0.881. The summed E-state index contributed by atoms with van der Waals surface area (Å²) in [5, 5.41) is 2.78. The summed E-state index contributed by atoms with van der Waals surface area (Å²) in [5.74, 6) is -0.509. The van der Waals surface area contributed by atoms with Crippen molar-refractivity contribution in [3.8, 4) is 0 Å². The van der Waals surface area contributed by atoms with Crippen molar-refractivity contribution in [2.75, 3.05) is 23.3 Å². The average molecular weight is 281 g/mol. The van der Waals surface area contributed by atoms with Crippen molar-refractivity contribution in [2.45, 2.75) is 20.4 Å². The number of aromatic nitrogens is 1. The van der Waals surface area contributed by atoms with Crippen molar-refractivity contribution in [1.82, 2.24) is 4.98 Å². The number of nitrogens with zero attached hydrogens (tertiary/aromatic N) is 2. The van der Waals surface area contributed by atoms with Crippen LogP contribution in [0, 0.1) is 11.6 Å².